The van der Waals surface area contributed by atoms with Crippen molar-refractivity contribution < 1.29 is 24.2 Å². The van der Waals surface area contributed by atoms with Crippen LogP contribution in [0.5, 0.6) is 0 Å². The Morgan fingerprint density at radius 1 is 0.979 bits per heavy atom. The zero-order chi connectivity index (χ0) is 33.8. The van der Waals surface area contributed by atoms with Crippen LogP contribution in [0.4, 0.5) is 0 Å². The highest BCUT2D eigenvalue weighted by Gasteiger charge is 2.56. The molecule has 2 amide bonds. The second-order valence-electron chi connectivity index (χ2n) is 14.3. The lowest BCUT2D eigenvalue weighted by Gasteiger charge is -2.60. The average molecular weight is 649 g/mol. The lowest BCUT2D eigenvalue weighted by atomic mass is 9.51. The summed E-state index contributed by atoms with van der Waals surface area (Å²) in [5.41, 5.74) is 0.635. The van der Waals surface area contributed by atoms with Gasteiger partial charge in [0.25, 0.3) is 11.8 Å². The predicted octanol–water partition coefficient (Wildman–Crippen LogP) is 4.33. The van der Waals surface area contributed by atoms with Crippen LogP contribution in [0, 0.1) is 17.8 Å². The van der Waals surface area contributed by atoms with Crippen molar-refractivity contribution in [2.45, 2.75) is 69.6 Å². The van der Waals surface area contributed by atoms with Crippen LogP contribution in [0.25, 0.3) is 16.7 Å². The minimum Gasteiger partial charge on any atom is -0.464 e. The van der Waals surface area contributed by atoms with Gasteiger partial charge in [0.15, 0.2) is 5.43 Å². The van der Waals surface area contributed by atoms with E-state index in [0.29, 0.717) is 28.2 Å². The molecule has 2 aromatic carbocycles. The van der Waals surface area contributed by atoms with Crippen LogP contribution in [0.3, 0.4) is 0 Å². The van der Waals surface area contributed by atoms with E-state index in [-0.39, 0.29) is 58.3 Å². The summed E-state index contributed by atoms with van der Waals surface area (Å²) in [7, 11) is 1.29. The number of ether oxygens (including phenoxy) is 1. The summed E-state index contributed by atoms with van der Waals surface area (Å²) in [6, 6.07) is 19.8. The number of benzene rings is 2. The molecule has 4 aliphatic carbocycles. The number of nitrogens with zero attached hydrogens (tertiary/aromatic N) is 2. The number of carbonyl (C=O) groups is 3. The molecule has 3 N–H and O–H groups in total. The Bertz CT molecular complexity index is 1950. The summed E-state index contributed by atoms with van der Waals surface area (Å²) >= 11 is 0. The van der Waals surface area contributed by atoms with Crippen LogP contribution >= 0.6 is 0 Å². The number of nitrogens with one attached hydrogen (secondary N) is 2. The number of amides is 2. The first-order valence-corrected chi connectivity index (χ1v) is 16.6. The summed E-state index contributed by atoms with van der Waals surface area (Å²) < 4.78 is 6.84. The SMILES string of the molecule is COC(=O)c1c(Cc2ccc(C(=O)N[C@H]3[C@@H]4C[C@H]5C[C@H]3C[C@](NC(=O)C(C)(C)O)(C5)C4)cc2)c(=O)c2cccnc2n1-c1ccccc1. The van der Waals surface area contributed by atoms with Crippen molar-refractivity contribution in [3.8, 4) is 5.69 Å². The van der Waals surface area contributed by atoms with E-state index in [1.807, 2.05) is 42.5 Å². The fourth-order valence-corrected chi connectivity index (χ4v) is 8.59. The van der Waals surface area contributed by atoms with Gasteiger partial charge >= 0.3 is 5.97 Å². The van der Waals surface area contributed by atoms with Crippen molar-refractivity contribution in [2.75, 3.05) is 7.11 Å². The van der Waals surface area contributed by atoms with E-state index >= 15 is 0 Å². The van der Waals surface area contributed by atoms with E-state index in [2.05, 4.69) is 15.6 Å². The number of hydrogen-bond acceptors (Lipinski definition) is 7. The Hall–Kier alpha value is -4.83. The topological polar surface area (TPSA) is 140 Å². The average Bonchev–Trinajstić information content (AvgIpc) is 3.07. The van der Waals surface area contributed by atoms with Gasteiger partial charge < -0.3 is 20.5 Å². The molecule has 248 valence electrons. The molecule has 4 saturated carbocycles. The van der Waals surface area contributed by atoms with Crippen molar-refractivity contribution in [1.82, 2.24) is 20.2 Å². The molecular formula is C38H40N4O6. The van der Waals surface area contributed by atoms with E-state index in [4.69, 9.17) is 4.74 Å². The van der Waals surface area contributed by atoms with Crippen LogP contribution < -0.4 is 16.1 Å². The first kappa shape index (κ1) is 31.8. The molecule has 4 aliphatic rings. The third-order valence-corrected chi connectivity index (χ3v) is 10.5. The molecule has 2 aromatic heterocycles. The molecular weight excluding hydrogens is 608 g/mol. The van der Waals surface area contributed by atoms with Gasteiger partial charge in [-0.2, -0.15) is 0 Å². The highest BCUT2D eigenvalue weighted by Crippen LogP contribution is 2.56. The van der Waals surface area contributed by atoms with Crippen LogP contribution in [0.1, 0.15) is 77.9 Å². The molecule has 0 unspecified atom stereocenters. The Morgan fingerprint density at radius 2 is 1.67 bits per heavy atom. The molecule has 5 atom stereocenters. The molecule has 10 heteroatoms. The molecule has 48 heavy (non-hydrogen) atoms. The van der Waals surface area contributed by atoms with Crippen LogP contribution in [0.15, 0.2) is 77.7 Å². The number of aliphatic hydroxyl groups is 1. The largest absolute Gasteiger partial charge is 0.464 e. The van der Waals surface area contributed by atoms with Crippen molar-refractivity contribution in [3.05, 3.63) is 106 Å². The molecule has 2 heterocycles. The molecule has 0 aliphatic heterocycles. The summed E-state index contributed by atoms with van der Waals surface area (Å²) in [5.74, 6) is -0.133. The monoisotopic (exact) mass is 648 g/mol. The Morgan fingerprint density at radius 3 is 2.31 bits per heavy atom. The number of carbonyl (C=O) groups excluding carboxylic acids is 3. The minimum atomic E-state index is -1.44. The maximum absolute atomic E-state index is 13.8. The number of hydrogen-bond donors (Lipinski definition) is 3. The molecule has 0 spiro atoms. The lowest BCUT2D eigenvalue weighted by molar-refractivity contribution is -0.143. The summed E-state index contributed by atoms with van der Waals surface area (Å²) in [4.78, 5) is 57.8. The van der Waals surface area contributed by atoms with E-state index in [1.165, 1.54) is 21.0 Å². The number of aromatic nitrogens is 2. The van der Waals surface area contributed by atoms with Gasteiger partial charge in [-0.05, 0) is 106 Å². The highest BCUT2D eigenvalue weighted by molar-refractivity contribution is 5.95. The van der Waals surface area contributed by atoms with E-state index in [0.717, 1.165) is 37.7 Å². The summed E-state index contributed by atoms with van der Waals surface area (Å²) in [6.45, 7) is 3.02. The Kier molecular flexibility index (Phi) is 7.94. The normalized spacial score (nSPS) is 24.3. The van der Waals surface area contributed by atoms with E-state index in [1.54, 1.807) is 35.0 Å². The molecule has 10 nitrogen and oxygen atoms in total. The fraction of sp³-hybridized carbons (Fsp3) is 0.395. The van der Waals surface area contributed by atoms with Crippen LogP contribution in [-0.2, 0) is 16.0 Å². The highest BCUT2D eigenvalue weighted by atomic mass is 16.5. The molecule has 8 rings (SSSR count). The molecule has 4 fully saturated rings. The number of para-hydroxylation sites is 1. The first-order valence-electron chi connectivity index (χ1n) is 16.6. The van der Waals surface area contributed by atoms with Gasteiger partial charge in [0.05, 0.1) is 12.5 Å². The minimum absolute atomic E-state index is 0.0196. The van der Waals surface area contributed by atoms with Gasteiger partial charge in [0.2, 0.25) is 0 Å². The molecule has 0 radical (unpaired) electrons. The second-order valence-corrected chi connectivity index (χ2v) is 14.3. The van der Waals surface area contributed by atoms with Crippen LogP contribution in [0.2, 0.25) is 0 Å². The fourth-order valence-electron chi connectivity index (χ4n) is 8.59. The molecule has 4 bridgehead atoms. The van der Waals surface area contributed by atoms with Crippen molar-refractivity contribution >= 4 is 28.8 Å². The zero-order valence-corrected chi connectivity index (χ0v) is 27.4. The maximum Gasteiger partial charge on any atom is 0.355 e. The van der Waals surface area contributed by atoms with Crippen molar-refractivity contribution in [1.29, 1.82) is 0 Å². The van der Waals surface area contributed by atoms with Crippen molar-refractivity contribution in [2.24, 2.45) is 17.8 Å². The third-order valence-electron chi connectivity index (χ3n) is 10.5. The smallest absolute Gasteiger partial charge is 0.355 e. The predicted molar refractivity (Wildman–Crippen MR) is 180 cm³/mol. The number of methoxy groups -OCH3 is 1. The van der Waals surface area contributed by atoms with Gasteiger partial charge in [-0.1, -0.05) is 30.3 Å². The van der Waals surface area contributed by atoms with Crippen LogP contribution in [-0.4, -0.2) is 56.7 Å². The number of fused-ring (bicyclic) bond motifs is 1. The number of rotatable bonds is 8. The summed E-state index contributed by atoms with van der Waals surface area (Å²) in [6.07, 6.45) is 6.27. The Balaban J connectivity index is 1.13. The quantitative estimate of drug-likeness (QED) is 0.242. The summed E-state index contributed by atoms with van der Waals surface area (Å²) in [5, 5.41) is 17.1. The van der Waals surface area contributed by atoms with Gasteiger partial charge in [0.1, 0.15) is 16.9 Å². The first-order chi connectivity index (χ1) is 23.0. The molecule has 4 aromatic rings. The van der Waals surface area contributed by atoms with E-state index < -0.39 is 11.6 Å². The van der Waals surface area contributed by atoms with Gasteiger partial charge in [-0.3, -0.25) is 19.0 Å². The van der Waals surface area contributed by atoms with Gasteiger partial charge in [-0.25, -0.2) is 9.78 Å². The zero-order valence-electron chi connectivity index (χ0n) is 27.4. The number of esters is 1. The maximum atomic E-state index is 13.8. The van der Waals surface area contributed by atoms with Gasteiger partial charge in [-0.15, -0.1) is 0 Å². The lowest BCUT2D eigenvalue weighted by Crippen LogP contribution is -2.68. The second kappa shape index (κ2) is 12.0. The van der Waals surface area contributed by atoms with Crippen molar-refractivity contribution in [3.63, 3.8) is 0 Å². The van der Waals surface area contributed by atoms with E-state index in [9.17, 15) is 24.3 Å². The number of pyridine rings is 2. The molecule has 0 saturated heterocycles. The third kappa shape index (κ3) is 5.68. The van der Waals surface area contributed by atoms with Gasteiger partial charge in [0, 0.05) is 41.0 Å². The standard InChI is InChI=1S/C38H40N4O6/c1-37(2,47)36(46)41-38-19-23-16-25(20-38)30(26(17-23)21-38)40-34(44)24-13-11-22(12-14-24)18-29-31(35(45)48-3)42(27-8-5-4-6-9-27)33-28(32(29)43)10-7-15-39-33/h4-15,23,25-26,30,47H,16-21H2,1-3H3,(H,40,44)(H,41,46)/t23-,25+,26-,30-,38-. The Labute approximate surface area is 278 Å².